The molecule has 2 heterocycles. The Kier molecular flexibility index (Phi) is 4.92. The Morgan fingerprint density at radius 3 is 2.79 bits per heavy atom. The zero-order valence-corrected chi connectivity index (χ0v) is 13.3. The standard InChI is InChI=1S/C18H19N5O/c19-13-15-7-4-9-20-17(15)21-10-11-22-18(24)23-12-8-16(23)14-5-2-1-3-6-14/h1-7,9,16H,8,10-12H2,(H,20,21)(H,22,24)/t16-/m0/s1. The van der Waals surface area contributed by atoms with Crippen molar-refractivity contribution in [3.8, 4) is 6.07 Å². The van der Waals surface area contributed by atoms with Gasteiger partial charge in [-0.1, -0.05) is 30.3 Å². The number of nitrogens with zero attached hydrogens (tertiary/aromatic N) is 3. The minimum Gasteiger partial charge on any atom is -0.367 e. The summed E-state index contributed by atoms with van der Waals surface area (Å²) in [6.07, 6.45) is 2.63. The molecule has 0 aliphatic carbocycles. The van der Waals surface area contributed by atoms with Gasteiger partial charge in [-0.2, -0.15) is 5.26 Å². The fraction of sp³-hybridized carbons (Fsp3) is 0.278. The second-order valence-corrected chi connectivity index (χ2v) is 5.58. The maximum Gasteiger partial charge on any atom is 0.317 e. The normalized spacial score (nSPS) is 16.0. The van der Waals surface area contributed by atoms with Crippen LogP contribution in [0.5, 0.6) is 0 Å². The lowest BCUT2D eigenvalue weighted by molar-refractivity contribution is 0.115. The quantitative estimate of drug-likeness (QED) is 0.829. The number of nitrogens with one attached hydrogen (secondary N) is 2. The number of carbonyl (C=O) groups is 1. The van der Waals surface area contributed by atoms with Gasteiger partial charge in [0.05, 0.1) is 11.6 Å². The van der Waals surface area contributed by atoms with Crippen LogP contribution in [0.25, 0.3) is 0 Å². The first-order chi connectivity index (χ1) is 11.8. The summed E-state index contributed by atoms with van der Waals surface area (Å²) in [5, 5.41) is 15.0. The van der Waals surface area contributed by atoms with E-state index in [9.17, 15) is 4.79 Å². The molecule has 0 spiro atoms. The van der Waals surface area contributed by atoms with E-state index >= 15 is 0 Å². The molecule has 2 N–H and O–H groups in total. The number of carbonyl (C=O) groups excluding carboxylic acids is 1. The number of hydrogen-bond donors (Lipinski definition) is 2. The van der Waals surface area contributed by atoms with Gasteiger partial charge in [0, 0.05) is 25.8 Å². The monoisotopic (exact) mass is 321 g/mol. The molecular formula is C18H19N5O. The number of urea groups is 1. The van der Waals surface area contributed by atoms with Crippen LogP contribution < -0.4 is 10.6 Å². The summed E-state index contributed by atoms with van der Waals surface area (Å²) in [6.45, 7) is 1.76. The minimum atomic E-state index is -0.0570. The smallest absolute Gasteiger partial charge is 0.317 e. The molecule has 0 radical (unpaired) electrons. The molecule has 1 saturated heterocycles. The highest BCUT2D eigenvalue weighted by atomic mass is 16.2. The van der Waals surface area contributed by atoms with Crippen LogP contribution in [-0.2, 0) is 0 Å². The van der Waals surface area contributed by atoms with E-state index in [-0.39, 0.29) is 12.1 Å². The minimum absolute atomic E-state index is 0.0570. The number of nitriles is 1. The number of rotatable bonds is 5. The van der Waals surface area contributed by atoms with Gasteiger partial charge >= 0.3 is 6.03 Å². The Hall–Kier alpha value is -3.07. The second-order valence-electron chi connectivity index (χ2n) is 5.58. The molecule has 2 aromatic rings. The van der Waals surface area contributed by atoms with Gasteiger partial charge in [-0.25, -0.2) is 9.78 Å². The van der Waals surface area contributed by atoms with Crippen LogP contribution >= 0.6 is 0 Å². The Balaban J connectivity index is 1.46. The van der Waals surface area contributed by atoms with Gasteiger partial charge in [-0.15, -0.1) is 0 Å². The third-order valence-electron chi connectivity index (χ3n) is 4.09. The highest BCUT2D eigenvalue weighted by Crippen LogP contribution is 2.32. The van der Waals surface area contributed by atoms with Gasteiger partial charge in [0.25, 0.3) is 0 Å². The van der Waals surface area contributed by atoms with Crippen molar-refractivity contribution in [1.29, 1.82) is 5.26 Å². The summed E-state index contributed by atoms with van der Waals surface area (Å²) in [4.78, 5) is 18.2. The predicted octanol–water partition coefficient (Wildman–Crippen LogP) is 2.52. The van der Waals surface area contributed by atoms with E-state index < -0.39 is 0 Å². The largest absolute Gasteiger partial charge is 0.367 e. The van der Waals surface area contributed by atoms with Crippen LogP contribution in [0.4, 0.5) is 10.6 Å². The molecule has 1 aromatic heterocycles. The van der Waals surface area contributed by atoms with Crippen molar-refractivity contribution in [2.24, 2.45) is 0 Å². The average Bonchev–Trinajstić information content (AvgIpc) is 2.59. The molecule has 3 rings (SSSR count). The zero-order chi connectivity index (χ0) is 16.8. The fourth-order valence-electron chi connectivity index (χ4n) is 2.74. The third-order valence-corrected chi connectivity index (χ3v) is 4.09. The molecule has 1 fully saturated rings. The Labute approximate surface area is 141 Å². The highest BCUT2D eigenvalue weighted by Gasteiger charge is 2.32. The van der Waals surface area contributed by atoms with Gasteiger partial charge in [-0.05, 0) is 24.1 Å². The maximum absolute atomic E-state index is 12.3. The van der Waals surface area contributed by atoms with E-state index in [0.29, 0.717) is 24.5 Å². The fourth-order valence-corrected chi connectivity index (χ4v) is 2.74. The molecule has 122 valence electrons. The van der Waals surface area contributed by atoms with Crippen molar-refractivity contribution in [2.75, 3.05) is 25.0 Å². The first kappa shape index (κ1) is 15.8. The molecule has 0 bridgehead atoms. The van der Waals surface area contributed by atoms with Crippen molar-refractivity contribution in [2.45, 2.75) is 12.5 Å². The van der Waals surface area contributed by atoms with E-state index in [1.165, 1.54) is 5.56 Å². The van der Waals surface area contributed by atoms with Crippen LogP contribution in [0.3, 0.4) is 0 Å². The van der Waals surface area contributed by atoms with Gasteiger partial charge < -0.3 is 15.5 Å². The summed E-state index contributed by atoms with van der Waals surface area (Å²) in [5.41, 5.74) is 1.67. The number of likely N-dealkylation sites (tertiary alicyclic amines) is 1. The molecule has 24 heavy (non-hydrogen) atoms. The summed E-state index contributed by atoms with van der Waals surface area (Å²) in [6, 6.07) is 15.7. The number of amides is 2. The van der Waals surface area contributed by atoms with Crippen molar-refractivity contribution in [1.82, 2.24) is 15.2 Å². The number of aromatic nitrogens is 1. The molecule has 1 aromatic carbocycles. The summed E-state index contributed by atoms with van der Waals surface area (Å²) < 4.78 is 0. The highest BCUT2D eigenvalue weighted by molar-refractivity contribution is 5.75. The second kappa shape index (κ2) is 7.47. The van der Waals surface area contributed by atoms with Gasteiger partial charge in [0.2, 0.25) is 0 Å². The summed E-state index contributed by atoms with van der Waals surface area (Å²) in [7, 11) is 0. The van der Waals surface area contributed by atoms with Gasteiger partial charge in [-0.3, -0.25) is 0 Å². The zero-order valence-electron chi connectivity index (χ0n) is 13.3. The number of benzene rings is 1. The van der Waals surface area contributed by atoms with Gasteiger partial charge in [0.15, 0.2) is 0 Å². The van der Waals surface area contributed by atoms with Crippen LogP contribution in [0.1, 0.15) is 23.6 Å². The SMILES string of the molecule is N#Cc1cccnc1NCCNC(=O)N1CC[C@H]1c1ccccc1. The van der Waals surface area contributed by atoms with Crippen LogP contribution in [0.15, 0.2) is 48.7 Å². The average molecular weight is 321 g/mol. The van der Waals surface area contributed by atoms with Gasteiger partial charge in [0.1, 0.15) is 11.9 Å². The van der Waals surface area contributed by atoms with Crippen LogP contribution in [0, 0.1) is 11.3 Å². The van der Waals surface area contributed by atoms with Crippen molar-refractivity contribution in [3.63, 3.8) is 0 Å². The van der Waals surface area contributed by atoms with E-state index in [0.717, 1.165) is 13.0 Å². The summed E-state index contributed by atoms with van der Waals surface area (Å²) >= 11 is 0. The molecule has 6 heteroatoms. The molecular weight excluding hydrogens is 302 g/mol. The lowest BCUT2D eigenvalue weighted by Gasteiger charge is -2.41. The first-order valence-corrected chi connectivity index (χ1v) is 7.98. The molecule has 6 nitrogen and oxygen atoms in total. The van der Waals surface area contributed by atoms with Crippen molar-refractivity contribution >= 4 is 11.8 Å². The third kappa shape index (κ3) is 3.46. The first-order valence-electron chi connectivity index (χ1n) is 7.98. The number of pyridine rings is 1. The topological polar surface area (TPSA) is 81.0 Å². The van der Waals surface area contributed by atoms with E-state index in [1.54, 1.807) is 18.3 Å². The molecule has 1 aliphatic rings. The van der Waals surface area contributed by atoms with Crippen molar-refractivity contribution < 1.29 is 4.79 Å². The molecule has 1 atom stereocenters. The van der Waals surface area contributed by atoms with E-state index in [2.05, 4.69) is 33.8 Å². The Bertz CT molecular complexity index is 741. The Morgan fingerprint density at radius 1 is 1.25 bits per heavy atom. The van der Waals surface area contributed by atoms with E-state index in [1.807, 2.05) is 23.1 Å². The summed E-state index contributed by atoms with van der Waals surface area (Å²) in [5.74, 6) is 0.542. The molecule has 0 saturated carbocycles. The van der Waals surface area contributed by atoms with Crippen LogP contribution in [-0.4, -0.2) is 35.5 Å². The Morgan fingerprint density at radius 2 is 2.08 bits per heavy atom. The molecule has 1 aliphatic heterocycles. The molecule has 0 unspecified atom stereocenters. The van der Waals surface area contributed by atoms with Crippen molar-refractivity contribution in [3.05, 3.63) is 59.8 Å². The predicted molar refractivity (Wildman–Crippen MR) is 91.3 cm³/mol. The number of anilines is 1. The lowest BCUT2D eigenvalue weighted by Crippen LogP contribution is -2.50. The van der Waals surface area contributed by atoms with E-state index in [4.69, 9.17) is 5.26 Å². The molecule has 2 amide bonds. The number of hydrogen-bond acceptors (Lipinski definition) is 4. The van der Waals surface area contributed by atoms with Crippen LogP contribution in [0.2, 0.25) is 0 Å². The maximum atomic E-state index is 12.3. The lowest BCUT2D eigenvalue weighted by atomic mass is 9.95.